The van der Waals surface area contributed by atoms with Crippen LogP contribution in [-0.2, 0) is 0 Å². The number of carbonyl (C=O) groups excluding carboxylic acids is 1. The van der Waals surface area contributed by atoms with E-state index in [4.69, 9.17) is 4.42 Å². The van der Waals surface area contributed by atoms with Crippen molar-refractivity contribution >= 4 is 32.1 Å². The summed E-state index contributed by atoms with van der Waals surface area (Å²) in [5, 5.41) is 2.26. The Balaban J connectivity index is 1.95. The van der Waals surface area contributed by atoms with E-state index in [1.54, 1.807) is 6.26 Å². The van der Waals surface area contributed by atoms with E-state index in [9.17, 15) is 4.79 Å². The standard InChI is InChI=1S/C30H23IO2P/c32-29(24-14-5-1-6-15-24)30(31-25-16-7-2-8-17-25)34(28-22-13-23-33-28,26-18-9-3-10-19-26)27-20-11-4-12-21-27/h1-23H/q+1. The summed E-state index contributed by atoms with van der Waals surface area (Å²) < 4.78 is 8.39. The minimum Gasteiger partial charge on any atom is -0.464 e. The van der Waals surface area contributed by atoms with Crippen molar-refractivity contribution in [2.45, 2.75) is 0 Å². The van der Waals surface area contributed by atoms with Crippen LogP contribution in [0.2, 0.25) is 0 Å². The van der Waals surface area contributed by atoms with Crippen LogP contribution in [0, 0.1) is 3.57 Å². The summed E-state index contributed by atoms with van der Waals surface area (Å²) in [6, 6.07) is 44.9. The Bertz CT molecular complexity index is 1370. The SMILES string of the molecule is O=C(C([I+]c1ccccc1)=P(c1ccccc1)(c1ccccc1)c1ccco1)c1ccccc1. The van der Waals surface area contributed by atoms with Crippen molar-refractivity contribution in [1.29, 1.82) is 0 Å². The summed E-state index contributed by atoms with van der Waals surface area (Å²) in [7, 11) is 0. The number of hydrogen-bond donors (Lipinski definition) is 0. The molecule has 5 rings (SSSR count). The third-order valence-corrected chi connectivity index (χ3v) is 14.5. The molecule has 0 N–H and O–H groups in total. The average molecular weight is 573 g/mol. The lowest BCUT2D eigenvalue weighted by Crippen LogP contribution is -3.65. The molecule has 166 valence electrons. The van der Waals surface area contributed by atoms with E-state index in [1.165, 1.54) is 3.57 Å². The molecule has 0 fully saturated rings. The Morgan fingerprint density at radius 3 is 1.59 bits per heavy atom. The van der Waals surface area contributed by atoms with Crippen LogP contribution in [0.1, 0.15) is 10.4 Å². The minimum atomic E-state index is -2.55. The summed E-state index contributed by atoms with van der Waals surface area (Å²) in [4.78, 5) is 14.4. The highest BCUT2D eigenvalue weighted by Gasteiger charge is 2.44. The average Bonchev–Trinajstić information content (AvgIpc) is 3.46. The Hall–Kier alpha value is -3.14. The molecule has 0 aliphatic heterocycles. The third kappa shape index (κ3) is 4.34. The van der Waals surface area contributed by atoms with E-state index < -0.39 is 28.1 Å². The zero-order valence-electron chi connectivity index (χ0n) is 18.4. The van der Waals surface area contributed by atoms with Gasteiger partial charge >= 0.3 is 21.2 Å². The van der Waals surface area contributed by atoms with Crippen molar-refractivity contribution in [3.05, 3.63) is 149 Å². The normalized spacial score (nSPS) is 11.2. The fraction of sp³-hybridized carbons (Fsp3) is 0. The smallest absolute Gasteiger partial charge is 0.363 e. The van der Waals surface area contributed by atoms with Crippen LogP contribution in [0.3, 0.4) is 0 Å². The van der Waals surface area contributed by atoms with Crippen molar-refractivity contribution in [1.82, 2.24) is 0 Å². The molecule has 0 unspecified atom stereocenters. The molecule has 34 heavy (non-hydrogen) atoms. The third-order valence-electron chi connectivity index (χ3n) is 5.57. The molecule has 1 aromatic heterocycles. The molecule has 0 radical (unpaired) electrons. The quantitative estimate of drug-likeness (QED) is 0.170. The second kappa shape index (κ2) is 10.4. The molecule has 4 aromatic carbocycles. The molecule has 2 nitrogen and oxygen atoms in total. The molecule has 0 bridgehead atoms. The van der Waals surface area contributed by atoms with Gasteiger partial charge in [0.1, 0.15) is 5.50 Å². The second-order valence-corrected chi connectivity index (χ2v) is 14.6. The molecule has 4 heteroatoms. The minimum absolute atomic E-state index is 0.106. The van der Waals surface area contributed by atoms with Gasteiger partial charge in [0.25, 0.3) is 3.30 Å². The number of rotatable bonds is 7. The fourth-order valence-corrected chi connectivity index (χ4v) is 13.9. The number of hydrogen-bond acceptors (Lipinski definition) is 2. The maximum absolute atomic E-state index is 14.4. The highest BCUT2D eigenvalue weighted by molar-refractivity contribution is 7.95. The van der Waals surface area contributed by atoms with Gasteiger partial charge in [0.05, 0.1) is 13.1 Å². The lowest BCUT2D eigenvalue weighted by molar-refractivity contribution is -0.500. The maximum Gasteiger partial charge on any atom is 0.363 e. The first-order valence-electron chi connectivity index (χ1n) is 11.0. The number of furan rings is 1. The van der Waals surface area contributed by atoms with Gasteiger partial charge in [-0.2, -0.15) is 0 Å². The molecule has 0 saturated heterocycles. The van der Waals surface area contributed by atoms with Crippen LogP contribution in [0.15, 0.2) is 144 Å². The topological polar surface area (TPSA) is 30.2 Å². The largest absolute Gasteiger partial charge is 0.464 e. The van der Waals surface area contributed by atoms with Crippen molar-refractivity contribution in [3.8, 4) is 0 Å². The summed E-state index contributed by atoms with van der Waals surface area (Å²) in [6.07, 6.45) is 1.72. The van der Waals surface area contributed by atoms with Crippen LogP contribution in [0.25, 0.3) is 0 Å². The summed E-state index contributed by atoms with van der Waals surface area (Å²) >= 11 is -0.797. The van der Waals surface area contributed by atoms with Crippen LogP contribution < -0.4 is 37.3 Å². The first-order chi connectivity index (χ1) is 16.8. The van der Waals surface area contributed by atoms with Crippen molar-refractivity contribution in [2.75, 3.05) is 0 Å². The molecular formula is C30H23IO2P+. The van der Waals surface area contributed by atoms with Gasteiger partial charge in [0.15, 0.2) is 3.57 Å². The molecule has 0 aliphatic rings. The molecule has 0 saturated carbocycles. The van der Waals surface area contributed by atoms with Gasteiger partial charge in [-0.05, 0) is 34.9 Å². The monoisotopic (exact) mass is 573 g/mol. The first kappa shape index (κ1) is 22.6. The Labute approximate surface area is 210 Å². The van der Waals surface area contributed by atoms with E-state index in [-0.39, 0.29) is 5.78 Å². The van der Waals surface area contributed by atoms with Gasteiger partial charge in [-0.15, -0.1) is 0 Å². The van der Waals surface area contributed by atoms with Gasteiger partial charge in [0.2, 0.25) is 5.78 Å². The highest BCUT2D eigenvalue weighted by Crippen LogP contribution is 2.45. The molecular weight excluding hydrogens is 550 g/mol. The second-order valence-electron chi connectivity index (χ2n) is 7.67. The predicted octanol–water partition coefficient (Wildman–Crippen LogP) is 2.55. The van der Waals surface area contributed by atoms with Crippen LogP contribution >= 0.6 is 6.89 Å². The number of halogens is 1. The first-order valence-corrected chi connectivity index (χ1v) is 15.0. The van der Waals surface area contributed by atoms with Crippen molar-refractivity contribution in [2.24, 2.45) is 0 Å². The lowest BCUT2D eigenvalue weighted by atomic mass is 10.2. The highest BCUT2D eigenvalue weighted by atomic mass is 127. The maximum atomic E-state index is 14.4. The van der Waals surface area contributed by atoms with E-state index in [1.807, 2.05) is 60.7 Å². The molecule has 1 heterocycles. The zero-order chi connectivity index (χ0) is 23.2. The summed E-state index contributed by atoms with van der Waals surface area (Å²) in [5.74, 6) is 0.106. The Morgan fingerprint density at radius 1 is 0.588 bits per heavy atom. The predicted molar refractivity (Wildman–Crippen MR) is 138 cm³/mol. The van der Waals surface area contributed by atoms with Crippen LogP contribution in [0.5, 0.6) is 0 Å². The fourth-order valence-electron chi connectivity index (χ4n) is 4.04. The number of benzene rings is 4. The number of carbonyl (C=O) groups is 1. The van der Waals surface area contributed by atoms with Gasteiger partial charge in [0, 0.05) is 5.56 Å². The molecule has 0 atom stereocenters. The molecule has 0 amide bonds. The van der Waals surface area contributed by atoms with Crippen LogP contribution in [-0.4, -0.2) is 9.08 Å². The van der Waals surface area contributed by atoms with Crippen LogP contribution in [0.4, 0.5) is 0 Å². The number of Topliss-reactive ketones (excluding diaryl/α,β-unsaturated/α-hetero) is 1. The van der Waals surface area contributed by atoms with Gasteiger partial charge in [-0.3, -0.25) is 4.79 Å². The lowest BCUT2D eigenvalue weighted by Gasteiger charge is -2.25. The zero-order valence-corrected chi connectivity index (χ0v) is 21.5. The van der Waals surface area contributed by atoms with Gasteiger partial charge < -0.3 is 4.42 Å². The summed E-state index contributed by atoms with van der Waals surface area (Å²) in [6.45, 7) is -2.55. The Morgan fingerprint density at radius 2 is 1.09 bits per heavy atom. The molecule has 0 aliphatic carbocycles. The van der Waals surface area contributed by atoms with Gasteiger partial charge in [-0.25, -0.2) is 0 Å². The van der Waals surface area contributed by atoms with E-state index in [2.05, 4.69) is 72.8 Å². The Kier molecular flexibility index (Phi) is 6.94. The van der Waals surface area contributed by atoms with Crippen molar-refractivity contribution < 1.29 is 30.4 Å². The molecule has 0 spiro atoms. The number of ketones is 1. The van der Waals surface area contributed by atoms with Gasteiger partial charge in [-0.1, -0.05) is 109 Å². The van der Waals surface area contributed by atoms with Crippen molar-refractivity contribution in [3.63, 3.8) is 0 Å². The van der Waals surface area contributed by atoms with E-state index in [0.717, 1.165) is 25.0 Å². The van der Waals surface area contributed by atoms with E-state index in [0.29, 0.717) is 0 Å². The summed E-state index contributed by atoms with van der Waals surface area (Å²) in [5.41, 5.74) is 1.58. The molecule has 5 aromatic rings. The van der Waals surface area contributed by atoms with E-state index >= 15 is 0 Å².